The Balaban J connectivity index is 0.00000124. The van der Waals surface area contributed by atoms with Gasteiger partial charge in [0.1, 0.15) is 11.1 Å². The second-order valence-corrected chi connectivity index (χ2v) is 10.5. The van der Waals surface area contributed by atoms with E-state index in [9.17, 15) is 9.65 Å². The maximum atomic E-state index is 14.7. The molecule has 3 aromatic rings. The van der Waals surface area contributed by atoms with Crippen molar-refractivity contribution in [3.05, 3.63) is 45.1 Å². The second-order valence-electron chi connectivity index (χ2n) is 8.84. The highest BCUT2D eigenvalue weighted by Gasteiger charge is 2.35. The van der Waals surface area contributed by atoms with Crippen LogP contribution in [0.1, 0.15) is 52.1 Å². The van der Waals surface area contributed by atoms with E-state index >= 15 is 0 Å². The molecule has 182 valence electrons. The van der Waals surface area contributed by atoms with E-state index in [1.54, 1.807) is 0 Å². The van der Waals surface area contributed by atoms with E-state index in [4.69, 9.17) is 15.5 Å². The molecule has 6 rings (SSSR count). The number of aromatic nitrogens is 2. The standard InChI is InChI=1S/C23H22FN6OPS.CH5N/c1-10-2-3-30(7-10)23-28-5-12-13-8-31-9-14(13)16(20(32)18(12)29-23)19-17-11(4-25)22(26)33-21(17)15(24)6-27-19;1-2/h5-6,10,19,27H,2-3,7-9,26,32H2,1H3;2H2,1H3. The number of rotatable bonds is 2. The Morgan fingerprint density at radius 1 is 1.31 bits per heavy atom. The molecule has 0 saturated carbocycles. The smallest absolute Gasteiger partial charge is 0.225 e. The van der Waals surface area contributed by atoms with Crippen molar-refractivity contribution in [1.29, 1.82) is 5.26 Å². The lowest BCUT2D eigenvalue weighted by Crippen LogP contribution is -2.28. The highest BCUT2D eigenvalue weighted by molar-refractivity contribution is 7.28. The van der Waals surface area contributed by atoms with Gasteiger partial charge in [0.05, 0.1) is 35.2 Å². The molecule has 11 heteroatoms. The number of hydrogen-bond acceptors (Lipinski definition) is 9. The highest BCUT2D eigenvalue weighted by Crippen LogP contribution is 2.46. The molecular weight excluding hydrogens is 484 g/mol. The summed E-state index contributed by atoms with van der Waals surface area (Å²) < 4.78 is 20.5. The molecule has 8 nitrogen and oxygen atoms in total. The van der Waals surface area contributed by atoms with Crippen molar-refractivity contribution in [2.75, 3.05) is 30.8 Å². The predicted molar refractivity (Wildman–Crippen MR) is 141 cm³/mol. The zero-order valence-corrected chi connectivity index (χ0v) is 21.5. The maximum Gasteiger partial charge on any atom is 0.225 e. The van der Waals surface area contributed by atoms with Gasteiger partial charge in [0.2, 0.25) is 5.95 Å². The summed E-state index contributed by atoms with van der Waals surface area (Å²) in [4.78, 5) is 12.3. The van der Waals surface area contributed by atoms with Gasteiger partial charge in [-0.25, -0.2) is 14.4 Å². The van der Waals surface area contributed by atoms with Crippen molar-refractivity contribution in [2.24, 2.45) is 11.7 Å². The molecule has 0 bridgehead atoms. The van der Waals surface area contributed by atoms with E-state index in [-0.39, 0.29) is 0 Å². The van der Waals surface area contributed by atoms with Crippen LogP contribution in [0.2, 0.25) is 0 Å². The van der Waals surface area contributed by atoms with E-state index in [2.05, 4.69) is 43.2 Å². The van der Waals surface area contributed by atoms with Crippen LogP contribution in [0.25, 0.3) is 16.7 Å². The third kappa shape index (κ3) is 3.74. The number of anilines is 2. The fourth-order valence-electron chi connectivity index (χ4n) is 5.16. The van der Waals surface area contributed by atoms with Gasteiger partial charge in [0.15, 0.2) is 5.83 Å². The first-order valence-electron chi connectivity index (χ1n) is 11.4. The van der Waals surface area contributed by atoms with Gasteiger partial charge in [-0.15, -0.1) is 20.6 Å². The van der Waals surface area contributed by atoms with Gasteiger partial charge < -0.3 is 26.4 Å². The molecule has 3 aliphatic heterocycles. The van der Waals surface area contributed by atoms with Crippen LogP contribution >= 0.6 is 20.6 Å². The van der Waals surface area contributed by atoms with Gasteiger partial charge in [-0.3, -0.25) is 0 Å². The summed E-state index contributed by atoms with van der Waals surface area (Å²) >= 11 is 1.11. The summed E-state index contributed by atoms with van der Waals surface area (Å²) in [5.74, 6) is 0.927. The number of nitrogens with two attached hydrogens (primary N) is 2. The summed E-state index contributed by atoms with van der Waals surface area (Å²) in [6.45, 7) is 5.03. The van der Waals surface area contributed by atoms with Crippen LogP contribution in [0.15, 0.2) is 12.4 Å². The SMILES string of the molecule is CC1CCN(c2ncc3c4c(c(C5NC=C(F)c6sc(N)c(C#N)c65)c(P)c3n2)COC4)C1.CN. The first-order valence-corrected chi connectivity index (χ1v) is 12.8. The molecule has 0 aliphatic carbocycles. The molecule has 1 aromatic carbocycles. The average molecular weight is 512 g/mol. The monoisotopic (exact) mass is 511 g/mol. The lowest BCUT2D eigenvalue weighted by Gasteiger charge is -2.27. The fraction of sp³-hybridized carbons (Fsp3) is 0.375. The summed E-state index contributed by atoms with van der Waals surface area (Å²) in [5, 5.41) is 15.2. The van der Waals surface area contributed by atoms with Crippen LogP contribution in [-0.4, -0.2) is 30.1 Å². The van der Waals surface area contributed by atoms with Gasteiger partial charge >= 0.3 is 0 Å². The molecular formula is C24H27FN7OPS. The Morgan fingerprint density at radius 3 is 2.80 bits per heavy atom. The number of benzene rings is 1. The Hall–Kier alpha value is -2.83. The maximum absolute atomic E-state index is 14.7. The number of fused-ring (bicyclic) bond motifs is 4. The number of nitrogens with zero attached hydrogens (tertiary/aromatic N) is 4. The van der Waals surface area contributed by atoms with Gasteiger partial charge in [-0.2, -0.15) is 5.26 Å². The lowest BCUT2D eigenvalue weighted by atomic mass is 9.88. The molecule has 35 heavy (non-hydrogen) atoms. The highest BCUT2D eigenvalue weighted by atomic mass is 32.1. The van der Waals surface area contributed by atoms with Gasteiger partial charge in [-0.1, -0.05) is 6.92 Å². The van der Waals surface area contributed by atoms with Crippen molar-refractivity contribution in [3.63, 3.8) is 0 Å². The average Bonchev–Trinajstić information content (AvgIpc) is 3.60. The molecule has 5 heterocycles. The van der Waals surface area contributed by atoms with E-state index in [0.29, 0.717) is 40.1 Å². The van der Waals surface area contributed by atoms with Crippen LogP contribution in [0.3, 0.4) is 0 Å². The van der Waals surface area contributed by atoms with Crippen molar-refractivity contribution >= 4 is 53.6 Å². The summed E-state index contributed by atoms with van der Waals surface area (Å²) in [7, 11) is 4.33. The Bertz CT molecular complexity index is 1400. The Kier molecular flexibility index (Phi) is 6.36. The molecule has 0 radical (unpaired) electrons. The van der Waals surface area contributed by atoms with E-state index < -0.39 is 11.9 Å². The minimum Gasteiger partial charge on any atom is -0.389 e. The predicted octanol–water partition coefficient (Wildman–Crippen LogP) is 3.06. The fourth-order valence-corrected chi connectivity index (χ4v) is 6.69. The van der Waals surface area contributed by atoms with Crippen LogP contribution in [0, 0.1) is 17.2 Å². The van der Waals surface area contributed by atoms with Crippen LogP contribution < -0.4 is 27.0 Å². The summed E-state index contributed by atoms with van der Waals surface area (Å²) in [6.07, 6.45) is 4.38. The number of nitrogens with one attached hydrogen (secondary N) is 1. The zero-order chi connectivity index (χ0) is 24.9. The zero-order valence-electron chi connectivity index (χ0n) is 19.6. The molecule has 3 aliphatic rings. The molecule has 3 atom stereocenters. The van der Waals surface area contributed by atoms with Gasteiger partial charge in [-0.05, 0) is 36.1 Å². The van der Waals surface area contributed by atoms with E-state index in [1.165, 1.54) is 13.2 Å². The molecule has 3 unspecified atom stereocenters. The third-order valence-electron chi connectivity index (χ3n) is 6.79. The van der Waals surface area contributed by atoms with Crippen LogP contribution in [0.5, 0.6) is 0 Å². The van der Waals surface area contributed by atoms with Gasteiger partial charge in [0, 0.05) is 41.7 Å². The molecule has 2 aromatic heterocycles. The first kappa shape index (κ1) is 23.9. The second kappa shape index (κ2) is 9.32. The normalized spacial score (nSPS) is 20.5. The number of nitrogen functional groups attached to an aromatic ring is 1. The number of hydrogen-bond donors (Lipinski definition) is 3. The topological polar surface area (TPSA) is 126 Å². The number of nitriles is 1. The Morgan fingerprint density at radius 2 is 2.09 bits per heavy atom. The van der Waals surface area contributed by atoms with Crippen molar-refractivity contribution in [2.45, 2.75) is 32.6 Å². The summed E-state index contributed by atoms with van der Waals surface area (Å²) in [5.41, 5.74) is 15.4. The first-order chi connectivity index (χ1) is 17.0. The largest absolute Gasteiger partial charge is 0.389 e. The minimum absolute atomic E-state index is 0.322. The van der Waals surface area contributed by atoms with Crippen molar-refractivity contribution in [3.8, 4) is 6.07 Å². The molecule has 0 amide bonds. The van der Waals surface area contributed by atoms with Crippen molar-refractivity contribution < 1.29 is 9.13 Å². The summed E-state index contributed by atoms with van der Waals surface area (Å²) in [6, 6.07) is 1.75. The lowest BCUT2D eigenvalue weighted by molar-refractivity contribution is 0.134. The van der Waals surface area contributed by atoms with Gasteiger partial charge in [0.25, 0.3) is 0 Å². The van der Waals surface area contributed by atoms with Crippen LogP contribution in [0.4, 0.5) is 15.3 Å². The molecule has 0 spiro atoms. The Labute approximate surface area is 209 Å². The minimum atomic E-state index is -0.430. The number of ether oxygens (including phenoxy) is 1. The molecule has 5 N–H and O–H groups in total. The van der Waals surface area contributed by atoms with Crippen LogP contribution in [-0.2, 0) is 18.0 Å². The molecule has 1 saturated heterocycles. The van der Waals surface area contributed by atoms with E-state index in [0.717, 1.165) is 69.7 Å². The van der Waals surface area contributed by atoms with Crippen molar-refractivity contribution in [1.82, 2.24) is 15.3 Å². The third-order valence-corrected chi connectivity index (χ3v) is 8.42. The number of halogens is 1. The number of thiophene rings is 1. The molecule has 1 fully saturated rings. The quantitative estimate of drug-likeness (QED) is 0.448. The van der Waals surface area contributed by atoms with E-state index in [1.807, 2.05) is 6.20 Å².